The minimum Gasteiger partial charge on any atom is -0.341 e. The molecule has 1 aromatic heterocycles. The maximum atomic E-state index is 12.6. The van der Waals surface area contributed by atoms with E-state index in [1.807, 2.05) is 17.0 Å². The molecular formula is C18H21ClN4O3. The van der Waals surface area contributed by atoms with E-state index in [0.29, 0.717) is 49.0 Å². The molecule has 1 aromatic carbocycles. The average Bonchev–Trinajstić information content (AvgIpc) is 2.86. The van der Waals surface area contributed by atoms with Crippen molar-refractivity contribution in [3.05, 3.63) is 46.2 Å². The van der Waals surface area contributed by atoms with Crippen LogP contribution >= 0.6 is 11.6 Å². The van der Waals surface area contributed by atoms with Gasteiger partial charge < -0.3 is 9.80 Å². The van der Waals surface area contributed by atoms with Crippen LogP contribution in [0.2, 0.25) is 5.02 Å². The highest BCUT2D eigenvalue weighted by Gasteiger charge is 2.23. The van der Waals surface area contributed by atoms with E-state index < -0.39 is 0 Å². The normalized spacial score (nSPS) is 15.0. The lowest BCUT2D eigenvalue weighted by Gasteiger charge is -2.22. The Balaban J connectivity index is 1.55. The highest BCUT2D eigenvalue weighted by atomic mass is 35.5. The van der Waals surface area contributed by atoms with Crippen molar-refractivity contribution in [2.45, 2.75) is 26.2 Å². The van der Waals surface area contributed by atoms with Crippen LogP contribution in [0.4, 0.5) is 0 Å². The lowest BCUT2D eigenvalue weighted by Crippen LogP contribution is -2.38. The second-order valence-electron chi connectivity index (χ2n) is 6.39. The number of aryl methyl sites for hydroxylation is 1. The zero-order chi connectivity index (χ0) is 18.5. The van der Waals surface area contributed by atoms with E-state index in [0.717, 1.165) is 12.0 Å². The van der Waals surface area contributed by atoms with Crippen LogP contribution < -0.4 is 0 Å². The predicted octanol–water partition coefficient (Wildman–Crippen LogP) is 1.88. The standard InChI is InChI=1S/C18H21ClN4O3/c1-13-16(21-26-20-13)12-18(25)23-7-3-6-22(8-9-23)17(24)11-14-4-2-5-15(19)10-14/h2,4-5,10H,3,6-9,11-12H2,1H3. The van der Waals surface area contributed by atoms with Crippen molar-refractivity contribution in [1.82, 2.24) is 20.1 Å². The van der Waals surface area contributed by atoms with Crippen molar-refractivity contribution in [2.75, 3.05) is 26.2 Å². The summed E-state index contributed by atoms with van der Waals surface area (Å²) in [4.78, 5) is 28.6. The number of aromatic nitrogens is 2. The zero-order valence-electron chi connectivity index (χ0n) is 14.7. The number of hydrogen-bond donors (Lipinski definition) is 0. The van der Waals surface area contributed by atoms with Crippen LogP contribution in [0.5, 0.6) is 0 Å². The van der Waals surface area contributed by atoms with Gasteiger partial charge in [0.05, 0.1) is 12.8 Å². The minimum absolute atomic E-state index is 0.0204. The summed E-state index contributed by atoms with van der Waals surface area (Å²) in [6.07, 6.45) is 1.24. The molecule has 2 heterocycles. The molecule has 26 heavy (non-hydrogen) atoms. The monoisotopic (exact) mass is 376 g/mol. The summed E-state index contributed by atoms with van der Waals surface area (Å²) in [5.41, 5.74) is 2.09. The molecule has 0 unspecified atom stereocenters. The van der Waals surface area contributed by atoms with Gasteiger partial charge in [0.1, 0.15) is 11.4 Å². The van der Waals surface area contributed by atoms with Crippen LogP contribution in [0.1, 0.15) is 23.4 Å². The largest absolute Gasteiger partial charge is 0.341 e. The van der Waals surface area contributed by atoms with Crippen LogP contribution in [0.15, 0.2) is 28.9 Å². The Morgan fingerprint density at radius 1 is 1.08 bits per heavy atom. The highest BCUT2D eigenvalue weighted by Crippen LogP contribution is 2.13. The van der Waals surface area contributed by atoms with E-state index in [9.17, 15) is 9.59 Å². The molecule has 1 aliphatic rings. The molecule has 7 nitrogen and oxygen atoms in total. The molecule has 0 spiro atoms. The van der Waals surface area contributed by atoms with Crippen molar-refractivity contribution in [2.24, 2.45) is 0 Å². The molecule has 0 saturated carbocycles. The van der Waals surface area contributed by atoms with Crippen molar-refractivity contribution in [3.8, 4) is 0 Å². The van der Waals surface area contributed by atoms with E-state index in [1.165, 1.54) is 0 Å². The van der Waals surface area contributed by atoms with E-state index >= 15 is 0 Å². The van der Waals surface area contributed by atoms with Crippen LogP contribution in [0.25, 0.3) is 0 Å². The number of nitrogens with zero attached hydrogens (tertiary/aromatic N) is 4. The van der Waals surface area contributed by atoms with Crippen molar-refractivity contribution in [1.29, 1.82) is 0 Å². The summed E-state index contributed by atoms with van der Waals surface area (Å²) in [7, 11) is 0. The molecule has 0 N–H and O–H groups in total. The molecule has 3 rings (SSSR count). The fraction of sp³-hybridized carbons (Fsp3) is 0.444. The first kappa shape index (κ1) is 18.4. The van der Waals surface area contributed by atoms with Gasteiger partial charge in [-0.3, -0.25) is 9.59 Å². The number of hydrogen-bond acceptors (Lipinski definition) is 5. The summed E-state index contributed by atoms with van der Waals surface area (Å²) in [6, 6.07) is 7.33. The second-order valence-corrected chi connectivity index (χ2v) is 6.83. The van der Waals surface area contributed by atoms with Gasteiger partial charge in [0.2, 0.25) is 11.8 Å². The Morgan fingerprint density at radius 3 is 2.38 bits per heavy atom. The first-order chi connectivity index (χ1) is 12.5. The Kier molecular flexibility index (Phi) is 5.88. The second kappa shape index (κ2) is 8.31. The van der Waals surface area contributed by atoms with Crippen LogP contribution in [0, 0.1) is 6.92 Å². The minimum atomic E-state index is -0.0204. The summed E-state index contributed by atoms with van der Waals surface area (Å²) >= 11 is 5.98. The number of amides is 2. The fourth-order valence-corrected chi connectivity index (χ4v) is 3.23. The number of benzene rings is 1. The Hall–Kier alpha value is -2.41. The number of rotatable bonds is 4. The van der Waals surface area contributed by atoms with Gasteiger partial charge in [-0.05, 0) is 31.0 Å². The Morgan fingerprint density at radius 2 is 1.77 bits per heavy atom. The topological polar surface area (TPSA) is 79.5 Å². The SMILES string of the molecule is Cc1nonc1CC(=O)N1CCCN(C(=O)Cc2cccc(Cl)c2)CC1. The van der Waals surface area contributed by atoms with E-state index in [1.54, 1.807) is 24.0 Å². The van der Waals surface area contributed by atoms with Gasteiger partial charge in [-0.2, -0.15) is 0 Å². The summed E-state index contributed by atoms with van der Waals surface area (Å²) < 4.78 is 4.64. The molecule has 1 aliphatic heterocycles. The van der Waals surface area contributed by atoms with Gasteiger partial charge in [0.15, 0.2) is 0 Å². The van der Waals surface area contributed by atoms with Gasteiger partial charge in [0, 0.05) is 31.2 Å². The molecule has 2 amide bonds. The van der Waals surface area contributed by atoms with Crippen molar-refractivity contribution in [3.63, 3.8) is 0 Å². The highest BCUT2D eigenvalue weighted by molar-refractivity contribution is 6.30. The average molecular weight is 377 g/mol. The predicted molar refractivity (Wildman–Crippen MR) is 95.7 cm³/mol. The van der Waals surface area contributed by atoms with Crippen LogP contribution in [-0.2, 0) is 22.4 Å². The third-order valence-corrected chi connectivity index (χ3v) is 4.75. The smallest absolute Gasteiger partial charge is 0.228 e. The number of halogens is 1. The lowest BCUT2D eigenvalue weighted by atomic mass is 10.1. The Bertz CT molecular complexity index is 792. The molecule has 8 heteroatoms. The first-order valence-corrected chi connectivity index (χ1v) is 8.99. The summed E-state index contributed by atoms with van der Waals surface area (Å²) in [6.45, 7) is 4.08. The van der Waals surface area contributed by atoms with E-state index in [-0.39, 0.29) is 18.2 Å². The van der Waals surface area contributed by atoms with Crippen LogP contribution in [-0.4, -0.2) is 58.1 Å². The third kappa shape index (κ3) is 4.60. The maximum Gasteiger partial charge on any atom is 0.228 e. The van der Waals surface area contributed by atoms with Gasteiger partial charge in [0.25, 0.3) is 0 Å². The van der Waals surface area contributed by atoms with E-state index in [4.69, 9.17) is 11.6 Å². The van der Waals surface area contributed by atoms with Gasteiger partial charge in [-0.1, -0.05) is 34.0 Å². The van der Waals surface area contributed by atoms with Gasteiger partial charge in [-0.25, -0.2) is 4.63 Å². The lowest BCUT2D eigenvalue weighted by molar-refractivity contribution is -0.132. The molecule has 0 atom stereocenters. The van der Waals surface area contributed by atoms with Crippen molar-refractivity contribution < 1.29 is 14.2 Å². The fourth-order valence-electron chi connectivity index (χ4n) is 3.01. The molecule has 2 aromatic rings. The number of carbonyl (C=O) groups excluding carboxylic acids is 2. The van der Waals surface area contributed by atoms with Crippen LogP contribution in [0.3, 0.4) is 0 Å². The molecule has 0 radical (unpaired) electrons. The molecule has 138 valence electrons. The Labute approximate surface area is 156 Å². The van der Waals surface area contributed by atoms with Crippen molar-refractivity contribution >= 4 is 23.4 Å². The van der Waals surface area contributed by atoms with E-state index in [2.05, 4.69) is 14.9 Å². The van der Waals surface area contributed by atoms with Gasteiger partial charge >= 0.3 is 0 Å². The summed E-state index contributed by atoms with van der Waals surface area (Å²) in [5.74, 6) is 0.0334. The molecule has 0 aliphatic carbocycles. The number of carbonyl (C=O) groups is 2. The first-order valence-electron chi connectivity index (χ1n) is 8.61. The quantitative estimate of drug-likeness (QED) is 0.814. The zero-order valence-corrected chi connectivity index (χ0v) is 15.4. The molecule has 1 saturated heterocycles. The molecule has 1 fully saturated rings. The molecule has 0 bridgehead atoms. The third-order valence-electron chi connectivity index (χ3n) is 4.51. The van der Waals surface area contributed by atoms with Gasteiger partial charge in [-0.15, -0.1) is 0 Å². The summed E-state index contributed by atoms with van der Waals surface area (Å²) in [5, 5.41) is 8.08. The molecular weight excluding hydrogens is 356 g/mol. The maximum absolute atomic E-state index is 12.6.